The molecule has 0 aromatic heterocycles. The smallest absolute Gasteiger partial charge is 0.205 e. The van der Waals surface area contributed by atoms with Crippen LogP contribution in [0.1, 0.15) is 24.0 Å². The molecular weight excluding hydrogens is 320 g/mol. The van der Waals surface area contributed by atoms with Gasteiger partial charge in [-0.25, -0.2) is 0 Å². The molecule has 3 N–H and O–H groups in total. The van der Waals surface area contributed by atoms with Crippen molar-refractivity contribution in [3.8, 4) is 29.1 Å². The fourth-order valence-corrected chi connectivity index (χ4v) is 2.93. The second kappa shape index (κ2) is 6.65. The molecule has 0 bridgehead atoms. The quantitative estimate of drug-likeness (QED) is 0.889. The lowest BCUT2D eigenvalue weighted by Gasteiger charge is -2.27. The molecule has 6 heteroatoms. The van der Waals surface area contributed by atoms with Crippen LogP contribution in [0, 0.1) is 11.3 Å². The predicted molar refractivity (Wildman–Crippen MR) is 91.6 cm³/mol. The summed E-state index contributed by atoms with van der Waals surface area (Å²) in [6, 6.07) is 12.4. The fraction of sp³-hybridized carbons (Fsp3) is 0.211. The minimum Gasteiger partial charge on any atom is -0.508 e. The number of methoxy groups -OCH3 is 1. The van der Waals surface area contributed by atoms with Gasteiger partial charge in [0, 0.05) is 11.6 Å². The van der Waals surface area contributed by atoms with Gasteiger partial charge in [0.25, 0.3) is 0 Å². The van der Waals surface area contributed by atoms with E-state index in [1.165, 1.54) is 6.07 Å². The van der Waals surface area contributed by atoms with Gasteiger partial charge in [-0.1, -0.05) is 12.1 Å². The Kier molecular flexibility index (Phi) is 4.40. The van der Waals surface area contributed by atoms with Crippen LogP contribution in [0.15, 0.2) is 47.9 Å². The van der Waals surface area contributed by atoms with Crippen LogP contribution in [-0.4, -0.2) is 18.8 Å². The number of ether oxygens (including phenoxy) is 3. The third kappa shape index (κ3) is 2.92. The number of hydrogen-bond acceptors (Lipinski definition) is 6. The van der Waals surface area contributed by atoms with Crippen LogP contribution in [-0.2, 0) is 0 Å². The van der Waals surface area contributed by atoms with Gasteiger partial charge in [0.2, 0.25) is 5.88 Å². The van der Waals surface area contributed by atoms with Crippen LogP contribution >= 0.6 is 0 Å². The first kappa shape index (κ1) is 16.5. The van der Waals surface area contributed by atoms with E-state index in [0.717, 1.165) is 11.1 Å². The lowest BCUT2D eigenvalue weighted by atomic mass is 9.83. The molecule has 0 fully saturated rings. The Balaban J connectivity index is 2.16. The van der Waals surface area contributed by atoms with Gasteiger partial charge in [-0.2, -0.15) is 5.26 Å². The van der Waals surface area contributed by atoms with Crippen LogP contribution in [0.5, 0.6) is 23.0 Å². The Morgan fingerprint density at radius 1 is 1.24 bits per heavy atom. The van der Waals surface area contributed by atoms with Crippen molar-refractivity contribution in [3.63, 3.8) is 0 Å². The first-order valence-corrected chi connectivity index (χ1v) is 7.80. The van der Waals surface area contributed by atoms with Gasteiger partial charge in [0.05, 0.1) is 19.6 Å². The molecule has 1 aliphatic rings. The number of aromatic hydroxyl groups is 1. The van der Waals surface area contributed by atoms with Crippen molar-refractivity contribution in [1.82, 2.24) is 0 Å². The number of hydrogen-bond donors (Lipinski definition) is 2. The second-order valence-corrected chi connectivity index (χ2v) is 5.49. The van der Waals surface area contributed by atoms with E-state index in [4.69, 9.17) is 19.9 Å². The zero-order chi connectivity index (χ0) is 18.0. The van der Waals surface area contributed by atoms with E-state index in [1.807, 2.05) is 19.1 Å². The number of rotatable bonds is 4. The average molecular weight is 338 g/mol. The van der Waals surface area contributed by atoms with Gasteiger partial charge in [-0.3, -0.25) is 0 Å². The molecule has 0 radical (unpaired) electrons. The average Bonchev–Trinajstić information content (AvgIpc) is 2.61. The van der Waals surface area contributed by atoms with Crippen LogP contribution in [0.25, 0.3) is 0 Å². The standard InChI is InChI=1S/C19H18N2O4/c1-3-24-15-7-4-11(8-17(15)23-2)18-13-6-5-12(22)9-16(13)25-19(21)14(18)10-20/h4-9,18,22H,3,21H2,1-2H3/t18-/m0/s1. The summed E-state index contributed by atoms with van der Waals surface area (Å²) < 4.78 is 16.5. The topological polar surface area (TPSA) is 97.7 Å². The van der Waals surface area contributed by atoms with Gasteiger partial charge in [0.1, 0.15) is 23.1 Å². The molecular formula is C19H18N2O4. The van der Waals surface area contributed by atoms with Crippen LogP contribution in [0.4, 0.5) is 0 Å². The van der Waals surface area contributed by atoms with Crippen molar-refractivity contribution >= 4 is 0 Å². The summed E-state index contributed by atoms with van der Waals surface area (Å²) in [6.07, 6.45) is 0. The maximum Gasteiger partial charge on any atom is 0.205 e. The molecule has 0 saturated heterocycles. The third-order valence-electron chi connectivity index (χ3n) is 4.02. The first-order valence-electron chi connectivity index (χ1n) is 7.80. The van der Waals surface area contributed by atoms with E-state index in [0.29, 0.717) is 29.4 Å². The molecule has 3 rings (SSSR count). The van der Waals surface area contributed by atoms with Gasteiger partial charge in [-0.05, 0) is 30.7 Å². The molecule has 0 amide bonds. The molecule has 2 aromatic carbocycles. The molecule has 1 heterocycles. The lowest BCUT2D eigenvalue weighted by Crippen LogP contribution is -2.21. The number of fused-ring (bicyclic) bond motifs is 1. The van der Waals surface area contributed by atoms with Crippen LogP contribution < -0.4 is 19.9 Å². The SMILES string of the molecule is CCOc1ccc([C@@H]2C(C#N)=C(N)Oc3cc(O)ccc32)cc1OC. The minimum atomic E-state index is -0.418. The van der Waals surface area contributed by atoms with E-state index in [1.54, 1.807) is 25.3 Å². The number of nitriles is 1. The largest absolute Gasteiger partial charge is 0.508 e. The van der Waals surface area contributed by atoms with Crippen molar-refractivity contribution < 1.29 is 19.3 Å². The molecule has 0 unspecified atom stereocenters. The summed E-state index contributed by atoms with van der Waals surface area (Å²) in [5.41, 5.74) is 7.80. The number of benzene rings is 2. The second-order valence-electron chi connectivity index (χ2n) is 5.49. The number of phenols is 1. The van der Waals surface area contributed by atoms with E-state index in [9.17, 15) is 10.4 Å². The summed E-state index contributed by atoms with van der Waals surface area (Å²) >= 11 is 0. The summed E-state index contributed by atoms with van der Waals surface area (Å²) in [6.45, 7) is 2.41. The number of allylic oxidation sites excluding steroid dienone is 1. The Hall–Kier alpha value is -3.33. The maximum absolute atomic E-state index is 9.69. The van der Waals surface area contributed by atoms with E-state index < -0.39 is 5.92 Å². The fourth-order valence-electron chi connectivity index (χ4n) is 2.93. The molecule has 0 aliphatic carbocycles. The van der Waals surface area contributed by atoms with Crippen molar-refractivity contribution in [2.24, 2.45) is 5.73 Å². The van der Waals surface area contributed by atoms with Crippen molar-refractivity contribution in [2.45, 2.75) is 12.8 Å². The minimum absolute atomic E-state index is 0.0263. The van der Waals surface area contributed by atoms with Gasteiger partial charge in [0.15, 0.2) is 11.5 Å². The summed E-state index contributed by atoms with van der Waals surface area (Å²) in [7, 11) is 1.56. The Morgan fingerprint density at radius 3 is 2.72 bits per heavy atom. The number of phenolic OH excluding ortho intramolecular Hbond substituents is 1. The molecule has 6 nitrogen and oxygen atoms in total. The molecule has 25 heavy (non-hydrogen) atoms. The lowest BCUT2D eigenvalue weighted by molar-refractivity contribution is 0.310. The van der Waals surface area contributed by atoms with Gasteiger partial charge < -0.3 is 25.1 Å². The predicted octanol–water partition coefficient (Wildman–Crippen LogP) is 3.02. The highest BCUT2D eigenvalue weighted by atomic mass is 16.5. The van der Waals surface area contributed by atoms with Gasteiger partial charge in [-0.15, -0.1) is 0 Å². The zero-order valence-corrected chi connectivity index (χ0v) is 13.9. The van der Waals surface area contributed by atoms with Crippen LogP contribution in [0.3, 0.4) is 0 Å². The van der Waals surface area contributed by atoms with Crippen LogP contribution in [0.2, 0.25) is 0 Å². The maximum atomic E-state index is 9.69. The molecule has 1 atom stereocenters. The van der Waals surface area contributed by atoms with E-state index in [-0.39, 0.29) is 11.6 Å². The van der Waals surface area contributed by atoms with E-state index >= 15 is 0 Å². The van der Waals surface area contributed by atoms with Crippen molar-refractivity contribution in [1.29, 1.82) is 5.26 Å². The summed E-state index contributed by atoms with van der Waals surface area (Å²) in [5.74, 6) is 1.30. The number of nitrogens with zero attached hydrogens (tertiary/aromatic N) is 1. The monoisotopic (exact) mass is 338 g/mol. The third-order valence-corrected chi connectivity index (χ3v) is 4.02. The Bertz CT molecular complexity index is 883. The number of nitrogens with two attached hydrogens (primary N) is 1. The molecule has 0 saturated carbocycles. The zero-order valence-electron chi connectivity index (χ0n) is 13.9. The normalized spacial score (nSPS) is 15.8. The summed E-state index contributed by atoms with van der Waals surface area (Å²) in [4.78, 5) is 0. The summed E-state index contributed by atoms with van der Waals surface area (Å²) in [5, 5.41) is 19.3. The molecule has 1 aliphatic heterocycles. The molecule has 2 aromatic rings. The Morgan fingerprint density at radius 2 is 2.04 bits per heavy atom. The highest BCUT2D eigenvalue weighted by Crippen LogP contribution is 2.44. The van der Waals surface area contributed by atoms with Crippen molar-refractivity contribution in [3.05, 3.63) is 59.0 Å². The van der Waals surface area contributed by atoms with Gasteiger partial charge >= 0.3 is 0 Å². The highest BCUT2D eigenvalue weighted by Gasteiger charge is 2.31. The van der Waals surface area contributed by atoms with Crippen molar-refractivity contribution in [2.75, 3.05) is 13.7 Å². The molecule has 0 spiro atoms. The van der Waals surface area contributed by atoms with E-state index in [2.05, 4.69) is 6.07 Å². The Labute approximate surface area is 145 Å². The highest BCUT2D eigenvalue weighted by molar-refractivity contribution is 5.58. The first-order chi connectivity index (χ1) is 12.1. The molecule has 128 valence electrons.